The van der Waals surface area contributed by atoms with E-state index in [1.165, 1.54) is 12.1 Å². The Morgan fingerprint density at radius 2 is 2.00 bits per heavy atom. The lowest BCUT2D eigenvalue weighted by molar-refractivity contribution is 0.627. The lowest BCUT2D eigenvalue weighted by Gasteiger charge is -2.11. The molecule has 0 saturated carbocycles. The van der Waals surface area contributed by atoms with Crippen molar-refractivity contribution in [2.45, 2.75) is 6.92 Å². The predicted octanol–water partition coefficient (Wildman–Crippen LogP) is 4.27. The first-order valence-corrected chi connectivity index (χ1v) is 6.80. The highest BCUT2D eigenvalue weighted by molar-refractivity contribution is 9.10. The van der Waals surface area contributed by atoms with E-state index in [1.807, 2.05) is 25.1 Å². The van der Waals surface area contributed by atoms with Crippen LogP contribution in [0.15, 0.2) is 40.9 Å². The Balaban J connectivity index is 2.29. The van der Waals surface area contributed by atoms with E-state index >= 15 is 0 Å². The minimum Gasteiger partial charge on any atom is -0.389 e. The molecule has 0 amide bonds. The van der Waals surface area contributed by atoms with Crippen LogP contribution in [-0.4, -0.2) is 4.99 Å². The fourth-order valence-corrected chi connectivity index (χ4v) is 2.44. The molecular weight excluding hydrogens is 327 g/mol. The monoisotopic (exact) mass is 338 g/mol. The highest BCUT2D eigenvalue weighted by atomic mass is 79.9. The molecule has 0 unspecified atom stereocenters. The fourth-order valence-electron chi connectivity index (χ4n) is 1.76. The summed E-state index contributed by atoms with van der Waals surface area (Å²) in [5, 5.41) is 3.21. The molecule has 0 heterocycles. The maximum Gasteiger partial charge on any atom is 0.124 e. The normalized spacial score (nSPS) is 10.3. The Labute approximate surface area is 124 Å². The van der Waals surface area contributed by atoms with Crippen molar-refractivity contribution in [1.29, 1.82) is 0 Å². The fraction of sp³-hybridized carbons (Fsp3) is 0.0714. The van der Waals surface area contributed by atoms with Gasteiger partial charge in [-0.2, -0.15) is 0 Å². The topological polar surface area (TPSA) is 38.0 Å². The van der Waals surface area contributed by atoms with Crippen LogP contribution >= 0.6 is 28.1 Å². The molecule has 2 aromatic rings. The molecule has 3 N–H and O–H groups in total. The maximum atomic E-state index is 13.0. The average molecular weight is 339 g/mol. The van der Waals surface area contributed by atoms with Crippen LogP contribution in [-0.2, 0) is 0 Å². The van der Waals surface area contributed by atoms with Crippen LogP contribution in [0.1, 0.15) is 11.1 Å². The highest BCUT2D eigenvalue weighted by Crippen LogP contribution is 2.27. The third-order valence-corrected chi connectivity index (χ3v) is 3.58. The molecule has 0 aromatic heterocycles. The quantitative estimate of drug-likeness (QED) is 0.820. The third kappa shape index (κ3) is 3.30. The second-order valence-electron chi connectivity index (χ2n) is 4.14. The van der Waals surface area contributed by atoms with Gasteiger partial charge in [-0.05, 0) is 64.8 Å². The number of benzene rings is 2. The summed E-state index contributed by atoms with van der Waals surface area (Å²) >= 11 is 8.28. The Bertz CT molecular complexity index is 643. The Morgan fingerprint density at radius 3 is 2.58 bits per heavy atom. The van der Waals surface area contributed by atoms with Gasteiger partial charge in [0.25, 0.3) is 0 Å². The van der Waals surface area contributed by atoms with Crippen molar-refractivity contribution in [3.05, 3.63) is 57.8 Å². The summed E-state index contributed by atoms with van der Waals surface area (Å²) in [6.45, 7) is 1.94. The van der Waals surface area contributed by atoms with Gasteiger partial charge in [0.15, 0.2) is 0 Å². The Morgan fingerprint density at radius 1 is 1.26 bits per heavy atom. The number of nitrogens with two attached hydrogens (primary N) is 1. The van der Waals surface area contributed by atoms with Crippen LogP contribution in [0, 0.1) is 12.7 Å². The summed E-state index contributed by atoms with van der Waals surface area (Å²) in [4.78, 5) is 0.381. The van der Waals surface area contributed by atoms with Crippen molar-refractivity contribution in [3.8, 4) is 0 Å². The molecule has 5 heteroatoms. The van der Waals surface area contributed by atoms with E-state index in [9.17, 15) is 4.39 Å². The van der Waals surface area contributed by atoms with Gasteiger partial charge in [-0.15, -0.1) is 0 Å². The Hall–Kier alpha value is -1.46. The van der Waals surface area contributed by atoms with Crippen molar-refractivity contribution < 1.29 is 4.39 Å². The molecule has 0 bridgehead atoms. The molecule has 0 atom stereocenters. The number of halogens is 2. The lowest BCUT2D eigenvalue weighted by atomic mass is 10.1. The van der Waals surface area contributed by atoms with Crippen molar-refractivity contribution in [2.24, 2.45) is 5.73 Å². The Kier molecular flexibility index (Phi) is 4.17. The second-order valence-corrected chi connectivity index (χ2v) is 5.44. The zero-order chi connectivity index (χ0) is 14.0. The van der Waals surface area contributed by atoms with Crippen LogP contribution in [0.4, 0.5) is 15.8 Å². The van der Waals surface area contributed by atoms with Crippen molar-refractivity contribution in [1.82, 2.24) is 0 Å². The maximum absolute atomic E-state index is 13.0. The van der Waals surface area contributed by atoms with Gasteiger partial charge < -0.3 is 11.1 Å². The van der Waals surface area contributed by atoms with Gasteiger partial charge in [0.1, 0.15) is 10.8 Å². The number of anilines is 2. The summed E-state index contributed by atoms with van der Waals surface area (Å²) < 4.78 is 13.7. The minimum absolute atomic E-state index is 0.280. The van der Waals surface area contributed by atoms with Gasteiger partial charge in [0, 0.05) is 15.7 Å². The molecule has 0 aliphatic heterocycles. The first-order valence-electron chi connectivity index (χ1n) is 5.60. The van der Waals surface area contributed by atoms with Gasteiger partial charge >= 0.3 is 0 Å². The molecule has 0 radical (unpaired) electrons. The van der Waals surface area contributed by atoms with E-state index in [0.29, 0.717) is 9.46 Å². The van der Waals surface area contributed by atoms with Crippen molar-refractivity contribution in [2.75, 3.05) is 5.32 Å². The van der Waals surface area contributed by atoms with Gasteiger partial charge in [0.05, 0.1) is 5.69 Å². The zero-order valence-electron chi connectivity index (χ0n) is 10.2. The molecule has 0 saturated heterocycles. The molecule has 2 aromatic carbocycles. The third-order valence-electron chi connectivity index (χ3n) is 2.70. The van der Waals surface area contributed by atoms with Crippen LogP contribution < -0.4 is 11.1 Å². The SMILES string of the molecule is Cc1cc(Nc2ccc(F)cc2Br)ccc1C(N)=S. The summed E-state index contributed by atoms with van der Waals surface area (Å²) in [5.74, 6) is -0.280. The molecule has 0 fully saturated rings. The molecule has 0 aliphatic carbocycles. The smallest absolute Gasteiger partial charge is 0.124 e. The summed E-state index contributed by atoms with van der Waals surface area (Å²) in [5.41, 5.74) is 9.16. The summed E-state index contributed by atoms with van der Waals surface area (Å²) in [6.07, 6.45) is 0. The van der Waals surface area contributed by atoms with E-state index in [0.717, 1.165) is 22.5 Å². The lowest BCUT2D eigenvalue weighted by Crippen LogP contribution is -2.11. The standard InChI is InChI=1S/C14H12BrFN2S/c1-8-6-10(3-4-11(8)14(17)19)18-13-5-2-9(16)7-12(13)15/h2-7,18H,1H3,(H2,17,19). The first kappa shape index (κ1) is 14.0. The van der Waals surface area contributed by atoms with Crippen molar-refractivity contribution >= 4 is 44.5 Å². The largest absolute Gasteiger partial charge is 0.389 e. The summed E-state index contributed by atoms with van der Waals surface area (Å²) in [6, 6.07) is 10.2. The molecule has 2 nitrogen and oxygen atoms in total. The second kappa shape index (κ2) is 5.67. The van der Waals surface area contributed by atoms with Gasteiger partial charge in [-0.3, -0.25) is 0 Å². The highest BCUT2D eigenvalue weighted by Gasteiger charge is 2.05. The van der Waals surface area contributed by atoms with E-state index in [4.69, 9.17) is 18.0 Å². The van der Waals surface area contributed by atoms with E-state index in [2.05, 4.69) is 21.2 Å². The average Bonchev–Trinajstić information content (AvgIpc) is 2.32. The van der Waals surface area contributed by atoms with Crippen LogP contribution in [0.5, 0.6) is 0 Å². The van der Waals surface area contributed by atoms with Gasteiger partial charge in [-0.25, -0.2) is 4.39 Å². The van der Waals surface area contributed by atoms with Gasteiger partial charge in [0.2, 0.25) is 0 Å². The number of thiocarbonyl (C=S) groups is 1. The number of hydrogen-bond acceptors (Lipinski definition) is 2. The van der Waals surface area contributed by atoms with E-state index < -0.39 is 0 Å². The number of rotatable bonds is 3. The summed E-state index contributed by atoms with van der Waals surface area (Å²) in [7, 11) is 0. The molecule has 19 heavy (non-hydrogen) atoms. The molecule has 98 valence electrons. The minimum atomic E-state index is -0.280. The number of nitrogens with one attached hydrogen (secondary N) is 1. The zero-order valence-corrected chi connectivity index (χ0v) is 12.6. The first-order chi connectivity index (χ1) is 8.97. The van der Waals surface area contributed by atoms with Crippen LogP contribution in [0.25, 0.3) is 0 Å². The van der Waals surface area contributed by atoms with E-state index in [-0.39, 0.29) is 5.82 Å². The molecule has 0 aliphatic rings. The molecule has 0 spiro atoms. The van der Waals surface area contributed by atoms with Gasteiger partial charge in [-0.1, -0.05) is 12.2 Å². The number of hydrogen-bond donors (Lipinski definition) is 2. The van der Waals surface area contributed by atoms with Crippen molar-refractivity contribution in [3.63, 3.8) is 0 Å². The predicted molar refractivity (Wildman–Crippen MR) is 84.4 cm³/mol. The van der Waals surface area contributed by atoms with Crippen LogP contribution in [0.2, 0.25) is 0 Å². The van der Waals surface area contributed by atoms with E-state index in [1.54, 1.807) is 6.07 Å². The molecule has 2 rings (SSSR count). The molecular formula is C14H12BrFN2S. The number of aryl methyl sites for hydroxylation is 1. The van der Waals surface area contributed by atoms with Crippen LogP contribution in [0.3, 0.4) is 0 Å².